The molecule has 0 aromatic rings. The summed E-state index contributed by atoms with van der Waals surface area (Å²) in [6.07, 6.45) is 6.45. The molecule has 4 rings (SSSR count). The molecule has 0 aromatic carbocycles. The topological polar surface area (TPSA) is 173 Å². The van der Waals surface area contributed by atoms with Gasteiger partial charge in [0.2, 0.25) is 0 Å². The van der Waals surface area contributed by atoms with Crippen LogP contribution in [0.4, 0.5) is 0 Å². The van der Waals surface area contributed by atoms with Crippen molar-refractivity contribution in [3.8, 4) is 0 Å². The van der Waals surface area contributed by atoms with Crippen LogP contribution in [0.3, 0.4) is 0 Å². The van der Waals surface area contributed by atoms with Crippen molar-refractivity contribution in [1.82, 2.24) is 0 Å². The minimum absolute atomic E-state index is 0.0137. The molecule has 1 aliphatic carbocycles. The second-order valence-electron chi connectivity index (χ2n) is 9.12. The number of hydrogen-bond acceptors (Lipinski definition) is 13. The van der Waals surface area contributed by atoms with Crippen LogP contribution in [0, 0.1) is 0 Å². The number of rotatable bonds is 5. The molecule has 0 bridgehead atoms. The molecule has 3 aliphatic heterocycles. The molecule has 2 N–H and O–H groups in total. The minimum Gasteiger partial charge on any atom is -0.481 e. The van der Waals surface area contributed by atoms with Gasteiger partial charge in [-0.25, -0.2) is 19.2 Å². The van der Waals surface area contributed by atoms with Gasteiger partial charge in [-0.1, -0.05) is 18.2 Å². The van der Waals surface area contributed by atoms with Gasteiger partial charge in [-0.15, -0.1) is 0 Å². The smallest absolute Gasteiger partial charge is 0.348 e. The van der Waals surface area contributed by atoms with E-state index in [1.54, 1.807) is 0 Å². The molecule has 1 atom stereocenters. The lowest BCUT2D eigenvalue weighted by molar-refractivity contribution is -0.297. The van der Waals surface area contributed by atoms with Crippen LogP contribution in [0.25, 0.3) is 0 Å². The van der Waals surface area contributed by atoms with E-state index in [4.69, 9.17) is 33.2 Å². The summed E-state index contributed by atoms with van der Waals surface area (Å²) in [5, 5.41) is 19.9. The number of allylic oxidation sites excluding steroid dienone is 4. The van der Waals surface area contributed by atoms with Crippen molar-refractivity contribution in [1.29, 1.82) is 0 Å². The molecular formula is C25H26O13. The first-order valence-electron chi connectivity index (χ1n) is 11.6. The summed E-state index contributed by atoms with van der Waals surface area (Å²) in [7, 11) is 1.38. The lowest BCUT2D eigenvalue weighted by Crippen LogP contribution is -2.54. The zero-order chi connectivity index (χ0) is 27.7. The van der Waals surface area contributed by atoms with Gasteiger partial charge in [0.1, 0.15) is 23.3 Å². The van der Waals surface area contributed by atoms with Crippen molar-refractivity contribution in [2.75, 3.05) is 13.7 Å². The second kappa shape index (κ2) is 9.89. The maximum Gasteiger partial charge on any atom is 0.348 e. The average molecular weight is 534 g/mol. The zero-order valence-electron chi connectivity index (χ0n) is 20.8. The van der Waals surface area contributed by atoms with E-state index in [-0.39, 0.29) is 49.0 Å². The molecule has 1 saturated carbocycles. The lowest BCUT2D eigenvalue weighted by Gasteiger charge is -2.45. The van der Waals surface area contributed by atoms with Gasteiger partial charge in [0, 0.05) is 39.7 Å². The zero-order valence-corrected chi connectivity index (χ0v) is 20.8. The first-order valence-corrected chi connectivity index (χ1v) is 11.6. The predicted octanol–water partition coefficient (Wildman–Crippen LogP) is 2.16. The fourth-order valence-corrected chi connectivity index (χ4v) is 4.16. The first-order chi connectivity index (χ1) is 17.9. The highest BCUT2D eigenvalue weighted by Gasteiger charge is 2.55. The molecule has 0 aromatic heterocycles. The fourth-order valence-electron chi connectivity index (χ4n) is 4.16. The van der Waals surface area contributed by atoms with Crippen LogP contribution in [0.1, 0.15) is 39.5 Å². The summed E-state index contributed by atoms with van der Waals surface area (Å²) < 4.78 is 36.8. The molecule has 38 heavy (non-hydrogen) atoms. The maximum absolute atomic E-state index is 12.6. The number of esters is 4. The molecule has 0 amide bonds. The molecule has 1 saturated heterocycles. The Balaban J connectivity index is 1.36. The third-order valence-corrected chi connectivity index (χ3v) is 6.19. The Hall–Kier alpha value is -4.26. The number of methoxy groups -OCH3 is 1. The maximum atomic E-state index is 12.6. The molecule has 0 radical (unpaired) electrons. The number of cyclic esters (lactones) is 1. The quantitative estimate of drug-likeness (QED) is 0.173. The summed E-state index contributed by atoms with van der Waals surface area (Å²) in [4.78, 5) is 49.2. The number of ether oxygens (including phenoxy) is 7. The largest absolute Gasteiger partial charge is 0.481 e. The van der Waals surface area contributed by atoms with Gasteiger partial charge in [-0.05, 0) is 19.1 Å². The standard InChI is InChI=1S/C25H26O13/c1-14-17(26)35-24(36-18(14)27)9-11-25(12-10-24)37-21(30)16(22(31)38-25)8-6-4-5-7-15-19(28)33-23(2,13-32-3)34-20(15)29/h4-8,26,28H,9-13H2,1-3H3. The van der Waals surface area contributed by atoms with E-state index in [2.05, 4.69) is 0 Å². The van der Waals surface area contributed by atoms with Crippen LogP contribution in [0.2, 0.25) is 0 Å². The van der Waals surface area contributed by atoms with Crippen LogP contribution >= 0.6 is 0 Å². The highest BCUT2D eigenvalue weighted by molar-refractivity contribution is 6.15. The van der Waals surface area contributed by atoms with Gasteiger partial charge < -0.3 is 43.4 Å². The third-order valence-electron chi connectivity index (χ3n) is 6.19. The van der Waals surface area contributed by atoms with Crippen LogP contribution in [-0.2, 0) is 52.3 Å². The molecule has 3 heterocycles. The SMILES string of the molecule is COCC1(C)OC(=O)C(C=CC=CC=C2C(=O)OC3(CCC4(CC3)OC(=O)C(C)=C(O)O4)OC2=O)=C(O)O1. The highest BCUT2D eigenvalue weighted by Crippen LogP contribution is 2.45. The van der Waals surface area contributed by atoms with E-state index in [9.17, 15) is 29.4 Å². The van der Waals surface area contributed by atoms with Crippen molar-refractivity contribution in [3.63, 3.8) is 0 Å². The monoisotopic (exact) mass is 534 g/mol. The summed E-state index contributed by atoms with van der Waals surface area (Å²) in [5.74, 6) is -8.99. The van der Waals surface area contributed by atoms with Crippen molar-refractivity contribution in [2.24, 2.45) is 0 Å². The minimum atomic E-state index is -1.55. The van der Waals surface area contributed by atoms with E-state index >= 15 is 0 Å². The van der Waals surface area contributed by atoms with E-state index in [1.807, 2.05) is 0 Å². The van der Waals surface area contributed by atoms with E-state index < -0.39 is 53.1 Å². The van der Waals surface area contributed by atoms with Gasteiger partial charge in [-0.2, -0.15) is 0 Å². The molecule has 1 unspecified atom stereocenters. The molecule has 2 fully saturated rings. The van der Waals surface area contributed by atoms with Crippen LogP contribution < -0.4 is 0 Å². The van der Waals surface area contributed by atoms with Crippen LogP contribution in [0.15, 0.2) is 59.0 Å². The predicted molar refractivity (Wildman–Crippen MR) is 122 cm³/mol. The highest BCUT2D eigenvalue weighted by atomic mass is 16.8. The molecule has 4 aliphatic rings. The van der Waals surface area contributed by atoms with Crippen molar-refractivity contribution >= 4 is 23.9 Å². The fraction of sp³-hybridized carbons (Fsp3) is 0.440. The second-order valence-corrected chi connectivity index (χ2v) is 9.12. The Kier molecular flexibility index (Phi) is 6.98. The number of aliphatic hydroxyl groups excluding tert-OH is 2. The molecular weight excluding hydrogens is 508 g/mol. The average Bonchev–Trinajstić information content (AvgIpc) is 2.82. The van der Waals surface area contributed by atoms with Gasteiger partial charge in [0.15, 0.2) is 0 Å². The Morgan fingerprint density at radius 1 is 0.763 bits per heavy atom. The summed E-state index contributed by atoms with van der Waals surface area (Å²) in [6, 6.07) is 0. The van der Waals surface area contributed by atoms with Crippen molar-refractivity contribution in [2.45, 2.75) is 56.9 Å². The number of carbonyl (C=O) groups excluding carboxylic acids is 4. The number of hydrogen-bond donors (Lipinski definition) is 2. The summed E-state index contributed by atoms with van der Waals surface area (Å²) in [5.41, 5.74) is -0.666. The molecule has 13 heteroatoms. The Morgan fingerprint density at radius 3 is 1.89 bits per heavy atom. The number of carbonyl (C=O) groups is 4. The Morgan fingerprint density at radius 2 is 1.34 bits per heavy atom. The van der Waals surface area contributed by atoms with Gasteiger partial charge in [-0.3, -0.25) is 0 Å². The Bertz CT molecular complexity index is 1190. The molecule has 13 nitrogen and oxygen atoms in total. The third kappa shape index (κ3) is 5.23. The number of aliphatic hydroxyl groups is 2. The molecule has 204 valence electrons. The normalized spacial score (nSPS) is 31.8. The lowest BCUT2D eigenvalue weighted by atomic mass is 9.87. The van der Waals surface area contributed by atoms with Crippen LogP contribution in [-0.4, -0.2) is 65.2 Å². The van der Waals surface area contributed by atoms with Crippen LogP contribution in [0.5, 0.6) is 0 Å². The van der Waals surface area contributed by atoms with Gasteiger partial charge in [0.25, 0.3) is 29.3 Å². The summed E-state index contributed by atoms with van der Waals surface area (Å²) in [6.45, 7) is 2.69. The van der Waals surface area contributed by atoms with Crippen molar-refractivity contribution < 1.29 is 62.5 Å². The van der Waals surface area contributed by atoms with E-state index in [0.29, 0.717) is 0 Å². The summed E-state index contributed by atoms with van der Waals surface area (Å²) >= 11 is 0. The first kappa shape index (κ1) is 26.8. The van der Waals surface area contributed by atoms with E-state index in [0.717, 1.165) is 0 Å². The van der Waals surface area contributed by atoms with E-state index in [1.165, 1.54) is 51.3 Å². The van der Waals surface area contributed by atoms with Crippen molar-refractivity contribution in [3.05, 3.63) is 59.0 Å². The van der Waals surface area contributed by atoms with Gasteiger partial charge in [0.05, 0.1) is 0 Å². The van der Waals surface area contributed by atoms with Gasteiger partial charge >= 0.3 is 23.9 Å². The molecule has 2 spiro atoms. The Labute approximate surface area is 216 Å².